The van der Waals surface area contributed by atoms with Crippen molar-refractivity contribution in [2.75, 3.05) is 0 Å². The van der Waals surface area contributed by atoms with Gasteiger partial charge in [-0.15, -0.1) is 0 Å². The minimum Gasteiger partial charge on any atom is -0.507 e. The van der Waals surface area contributed by atoms with Gasteiger partial charge in [0, 0.05) is 19.7 Å². The van der Waals surface area contributed by atoms with Crippen LogP contribution in [-0.4, -0.2) is 20.9 Å². The molecule has 1 aliphatic carbocycles. The number of allylic oxidation sites excluding steroid dienone is 2. The lowest BCUT2D eigenvalue weighted by molar-refractivity contribution is 0.00421. The third-order valence-corrected chi connectivity index (χ3v) is 3.92. The lowest BCUT2D eigenvalue weighted by Crippen LogP contribution is -2.36. The Kier molecular flexibility index (Phi) is 2.24. The number of hydrogen-bond acceptors (Lipinski definition) is 3. The maximum atomic E-state index is 10.5. The summed E-state index contributed by atoms with van der Waals surface area (Å²) in [4.78, 5) is 0. The lowest BCUT2D eigenvalue weighted by Gasteiger charge is -2.38. The van der Waals surface area contributed by atoms with Crippen molar-refractivity contribution in [3.05, 3.63) is 34.9 Å². The Labute approximate surface area is 129 Å². The predicted molar refractivity (Wildman–Crippen MR) is 80.0 cm³/mol. The summed E-state index contributed by atoms with van der Waals surface area (Å²) in [7, 11) is 0. The van der Waals surface area contributed by atoms with Gasteiger partial charge in [0.05, 0.1) is 5.60 Å². The van der Waals surface area contributed by atoms with Crippen molar-refractivity contribution in [2.45, 2.75) is 51.9 Å². The first-order chi connectivity index (χ1) is 11.6. The molecule has 0 aliphatic heterocycles. The summed E-state index contributed by atoms with van der Waals surface area (Å²) in [5.41, 5.74) is -1.18. The molecule has 1 aliphatic rings. The molecule has 2 rings (SSSR count). The SMILES string of the molecule is [2H]C([2H])([2H])C1=CC(c2c(O)cc(C([2H])([2H])[2H])cc2O)C(C(C)(C)O)CC1. The zero-order valence-electron chi connectivity index (χ0n) is 17.6. The fourth-order valence-corrected chi connectivity index (χ4v) is 2.95. The Morgan fingerprint density at radius 2 is 1.85 bits per heavy atom. The van der Waals surface area contributed by atoms with Crippen LogP contribution in [-0.2, 0) is 0 Å². The number of rotatable bonds is 2. The third-order valence-electron chi connectivity index (χ3n) is 3.92. The van der Waals surface area contributed by atoms with E-state index in [0.717, 1.165) is 12.1 Å². The molecule has 110 valence electrons. The van der Waals surface area contributed by atoms with Crippen LogP contribution < -0.4 is 0 Å². The van der Waals surface area contributed by atoms with Crippen LogP contribution in [0, 0.1) is 12.8 Å². The minimum absolute atomic E-state index is 0.0339. The van der Waals surface area contributed by atoms with Crippen molar-refractivity contribution in [2.24, 2.45) is 5.92 Å². The molecule has 3 heteroatoms. The van der Waals surface area contributed by atoms with Crippen molar-refractivity contribution in [3.63, 3.8) is 0 Å². The van der Waals surface area contributed by atoms with Gasteiger partial charge in [0.15, 0.2) is 0 Å². The van der Waals surface area contributed by atoms with Gasteiger partial charge in [0.1, 0.15) is 11.5 Å². The summed E-state index contributed by atoms with van der Waals surface area (Å²) in [6.45, 7) is -1.64. The molecule has 0 bridgehead atoms. The highest BCUT2D eigenvalue weighted by Gasteiger charge is 2.38. The summed E-state index contributed by atoms with van der Waals surface area (Å²) in [6, 6.07) is 2.11. The molecule has 2 atom stereocenters. The van der Waals surface area contributed by atoms with Gasteiger partial charge in [0.2, 0.25) is 0 Å². The molecule has 1 aromatic carbocycles. The van der Waals surface area contributed by atoms with Crippen molar-refractivity contribution < 1.29 is 23.5 Å². The molecular formula is C17H24O3. The minimum atomic E-state index is -2.50. The molecule has 0 fully saturated rings. The van der Waals surface area contributed by atoms with Crippen LogP contribution in [0.4, 0.5) is 0 Å². The Morgan fingerprint density at radius 1 is 1.20 bits per heavy atom. The van der Waals surface area contributed by atoms with Crippen molar-refractivity contribution in [1.82, 2.24) is 0 Å². The Hall–Kier alpha value is -1.48. The molecule has 0 spiro atoms. The first kappa shape index (κ1) is 8.73. The molecule has 0 heterocycles. The van der Waals surface area contributed by atoms with E-state index in [0.29, 0.717) is 6.42 Å². The summed E-state index contributed by atoms with van der Waals surface area (Å²) in [5, 5.41) is 31.3. The summed E-state index contributed by atoms with van der Waals surface area (Å²) < 4.78 is 45.1. The number of hydrogen-bond donors (Lipinski definition) is 3. The lowest BCUT2D eigenvalue weighted by atomic mass is 9.69. The molecule has 0 radical (unpaired) electrons. The second-order valence-corrected chi connectivity index (χ2v) is 5.94. The molecule has 3 N–H and O–H groups in total. The fourth-order valence-electron chi connectivity index (χ4n) is 2.95. The van der Waals surface area contributed by atoms with E-state index in [1.54, 1.807) is 13.8 Å². The predicted octanol–water partition coefficient (Wildman–Crippen LogP) is 3.62. The van der Waals surface area contributed by atoms with Gasteiger partial charge in [-0.3, -0.25) is 0 Å². The highest BCUT2D eigenvalue weighted by atomic mass is 16.3. The number of aliphatic hydroxyl groups is 1. The van der Waals surface area contributed by atoms with Crippen molar-refractivity contribution in [3.8, 4) is 11.5 Å². The van der Waals surface area contributed by atoms with E-state index in [1.807, 2.05) is 0 Å². The van der Waals surface area contributed by atoms with Crippen LogP contribution in [0.3, 0.4) is 0 Å². The summed E-state index contributed by atoms with van der Waals surface area (Å²) in [6.07, 6.45) is 2.09. The van der Waals surface area contributed by atoms with E-state index in [-0.39, 0.29) is 23.1 Å². The molecule has 20 heavy (non-hydrogen) atoms. The van der Waals surface area contributed by atoms with Crippen LogP contribution in [0.5, 0.6) is 11.5 Å². The van der Waals surface area contributed by atoms with E-state index in [2.05, 4.69) is 0 Å². The maximum absolute atomic E-state index is 10.5. The quantitative estimate of drug-likeness (QED) is 0.726. The van der Waals surface area contributed by atoms with Gasteiger partial charge in [0.25, 0.3) is 0 Å². The third kappa shape index (κ3) is 2.83. The van der Waals surface area contributed by atoms with Crippen LogP contribution in [0.2, 0.25) is 0 Å². The Morgan fingerprint density at radius 3 is 2.35 bits per heavy atom. The maximum Gasteiger partial charge on any atom is 0.123 e. The normalized spacial score (nSPS) is 29.2. The Bertz CT molecular complexity index is 690. The Balaban J connectivity index is 2.64. The highest BCUT2D eigenvalue weighted by Crippen LogP contribution is 2.47. The van der Waals surface area contributed by atoms with E-state index in [1.165, 1.54) is 6.08 Å². The van der Waals surface area contributed by atoms with Gasteiger partial charge >= 0.3 is 0 Å². The van der Waals surface area contributed by atoms with Crippen molar-refractivity contribution in [1.29, 1.82) is 0 Å². The molecule has 1 aromatic rings. The molecule has 0 amide bonds. The van der Waals surface area contributed by atoms with E-state index < -0.39 is 42.6 Å². The second kappa shape index (κ2) is 5.13. The van der Waals surface area contributed by atoms with Gasteiger partial charge in [-0.2, -0.15) is 0 Å². The topological polar surface area (TPSA) is 60.7 Å². The van der Waals surface area contributed by atoms with E-state index in [9.17, 15) is 15.3 Å². The molecule has 0 saturated carbocycles. The van der Waals surface area contributed by atoms with Crippen LogP contribution >= 0.6 is 0 Å². The first-order valence-electron chi connectivity index (χ1n) is 9.62. The van der Waals surface area contributed by atoms with Crippen LogP contribution in [0.15, 0.2) is 23.8 Å². The number of aromatic hydroxyl groups is 2. The fraction of sp³-hybridized carbons (Fsp3) is 0.529. The highest BCUT2D eigenvalue weighted by molar-refractivity contribution is 5.51. The average molecular weight is 282 g/mol. The zero-order valence-corrected chi connectivity index (χ0v) is 11.6. The zero-order chi connectivity index (χ0) is 20.1. The largest absolute Gasteiger partial charge is 0.507 e. The van der Waals surface area contributed by atoms with Gasteiger partial charge in [-0.1, -0.05) is 11.6 Å². The second-order valence-electron chi connectivity index (χ2n) is 5.94. The van der Waals surface area contributed by atoms with Gasteiger partial charge in [-0.05, 0) is 64.0 Å². The number of phenols is 2. The standard InChI is InChI=1S/C17H24O3/c1-10-5-6-13(17(3,4)20)12(7-10)16-14(18)8-11(2)9-15(16)19/h7-9,12-13,18-20H,5-6H2,1-4H3/i1D3,2D3. The molecular weight excluding hydrogens is 252 g/mol. The number of phenolic OH excluding ortho intramolecular Hbond substituents is 2. The van der Waals surface area contributed by atoms with Crippen molar-refractivity contribution >= 4 is 0 Å². The summed E-state index contributed by atoms with van der Waals surface area (Å²) >= 11 is 0. The van der Waals surface area contributed by atoms with E-state index >= 15 is 0 Å². The number of benzene rings is 1. The molecule has 3 nitrogen and oxygen atoms in total. The van der Waals surface area contributed by atoms with Crippen LogP contribution in [0.25, 0.3) is 0 Å². The average Bonchev–Trinajstić information content (AvgIpc) is 2.43. The summed E-state index contributed by atoms with van der Waals surface area (Å²) in [5.74, 6) is -2.08. The van der Waals surface area contributed by atoms with E-state index in [4.69, 9.17) is 8.22 Å². The van der Waals surface area contributed by atoms with Gasteiger partial charge in [-0.25, -0.2) is 0 Å². The monoisotopic (exact) mass is 282 g/mol. The first-order valence-corrected chi connectivity index (χ1v) is 6.62. The molecule has 0 saturated heterocycles. The molecule has 2 unspecified atom stereocenters. The number of aryl methyl sites for hydroxylation is 1. The molecule has 0 aromatic heterocycles. The van der Waals surface area contributed by atoms with Crippen LogP contribution in [0.1, 0.15) is 58.8 Å². The smallest absolute Gasteiger partial charge is 0.123 e. The van der Waals surface area contributed by atoms with Gasteiger partial charge < -0.3 is 15.3 Å².